The van der Waals surface area contributed by atoms with E-state index in [0.717, 1.165) is 22.3 Å². The first-order chi connectivity index (χ1) is 50.7. The molecule has 16 nitrogen and oxygen atoms in total. The predicted molar refractivity (Wildman–Crippen MR) is 412 cm³/mol. The topological polar surface area (TPSA) is 204 Å². The van der Waals surface area contributed by atoms with Gasteiger partial charge in [-0.25, -0.2) is 18.7 Å². The molecule has 0 aliphatic carbocycles. The third kappa shape index (κ3) is 12.3. The summed E-state index contributed by atoms with van der Waals surface area (Å²) >= 11 is 0. The van der Waals surface area contributed by atoms with E-state index in [2.05, 4.69) is 21.3 Å². The van der Waals surface area contributed by atoms with E-state index in [1.165, 1.54) is 18.7 Å². The lowest BCUT2D eigenvalue weighted by molar-refractivity contribution is 0.0930. The van der Waals surface area contributed by atoms with Crippen LogP contribution >= 0.6 is 15.8 Å². The summed E-state index contributed by atoms with van der Waals surface area (Å²) < 4.78 is 5.95. The second kappa shape index (κ2) is 28.8. The van der Waals surface area contributed by atoms with Crippen LogP contribution in [0.15, 0.2) is 310 Å². The van der Waals surface area contributed by atoms with Gasteiger partial charge in [0, 0.05) is 22.3 Å². The van der Waals surface area contributed by atoms with Gasteiger partial charge in [0.05, 0.1) is 45.7 Å². The standard InChI is InChI=1S/C86H72N8O8P2/c1-53(57-31-9-5-10-32-57)87-75(95)61-39-17-25-47-69(61)83-91-79(99)65-43-21-22-44-66(65)80(100)92(91)84(70-48-26-18-40-62(70)76(96)88-54(2)58-33-11-6-12-34-58)103(83)73-51-29-30-52-74(73)104-85(71-49-27-19-41-63(71)77(97)89-55(3)59-35-13-7-14-36-59)93-81(101)67-45-23-24-46-68(67)82(102)94(93)86(104)72-50-28-20-42-64(72)78(98)90-56(4)60-37-15-8-16-38-60/h5-56,83-86H,1-4H3,(H,87,95)(H,88,96)(H,89,97)(H,90,98)/t53-,54-,55-,56+,83-,84-,85-,86-,104?/m1/s1. The Bertz CT molecular complexity index is 5070. The van der Waals surface area contributed by atoms with Crippen molar-refractivity contribution in [1.82, 2.24) is 40.0 Å². The molecule has 0 saturated heterocycles. The van der Waals surface area contributed by atoms with Gasteiger partial charge in [0.1, 0.15) is 23.1 Å². The second-order valence-corrected chi connectivity index (χ2v) is 30.8. The molecule has 2 aliphatic heterocycles. The molecule has 18 heteroatoms. The van der Waals surface area contributed by atoms with Gasteiger partial charge in [0.25, 0.3) is 45.9 Å². The quantitative estimate of drug-likeness (QED) is 0.0607. The monoisotopic (exact) mass is 1410 g/mol. The number of nitrogens with one attached hydrogen (secondary N) is 4. The van der Waals surface area contributed by atoms with Crippen LogP contribution in [0.5, 0.6) is 0 Å². The van der Waals surface area contributed by atoms with Gasteiger partial charge in [-0.05, 0) is 147 Å². The van der Waals surface area contributed by atoms with Crippen LogP contribution in [0.25, 0.3) is 21.5 Å². The van der Waals surface area contributed by atoms with Crippen LogP contribution in [0.3, 0.4) is 0 Å². The van der Waals surface area contributed by atoms with Crippen molar-refractivity contribution in [3.8, 4) is 0 Å². The van der Waals surface area contributed by atoms with Crippen LogP contribution in [0.2, 0.25) is 0 Å². The van der Waals surface area contributed by atoms with E-state index >= 15 is 38.4 Å². The number of nitrogens with zero attached hydrogens (tertiary/aromatic N) is 4. The minimum absolute atomic E-state index is 0.125. The van der Waals surface area contributed by atoms with Crippen molar-refractivity contribution in [2.45, 2.75) is 75.0 Å². The van der Waals surface area contributed by atoms with Gasteiger partial charge >= 0.3 is 0 Å². The molecule has 0 spiro atoms. The zero-order valence-corrected chi connectivity index (χ0v) is 59.1. The van der Waals surface area contributed by atoms with E-state index in [1.807, 2.05) is 198 Å². The third-order valence-corrected chi connectivity index (χ3v) is 26.2. The Kier molecular flexibility index (Phi) is 18.8. The molecule has 4 N–H and O–H groups in total. The van der Waals surface area contributed by atoms with Crippen LogP contribution < -0.4 is 54.1 Å². The van der Waals surface area contributed by atoms with Crippen molar-refractivity contribution < 1.29 is 19.2 Å². The molecule has 104 heavy (non-hydrogen) atoms. The maximum absolute atomic E-state index is 16.5. The van der Waals surface area contributed by atoms with Gasteiger partial charge in [-0.15, -0.1) is 0 Å². The van der Waals surface area contributed by atoms with Gasteiger partial charge in [-0.2, -0.15) is 0 Å². The minimum Gasteiger partial charge on any atom is -0.346 e. The largest absolute Gasteiger partial charge is 0.346 e. The number of hydrogen-bond acceptors (Lipinski definition) is 8. The van der Waals surface area contributed by atoms with Crippen molar-refractivity contribution in [3.05, 3.63) is 399 Å². The lowest BCUT2D eigenvalue weighted by atomic mass is 10.0. The molecular weight excluding hydrogens is 1330 g/mol. The molecule has 0 saturated carbocycles. The molecule has 1 unspecified atom stereocenters. The van der Waals surface area contributed by atoms with Gasteiger partial charge < -0.3 is 21.3 Å². The highest BCUT2D eigenvalue weighted by atomic mass is 31.1. The Morgan fingerprint density at radius 3 is 0.663 bits per heavy atom. The normalized spacial score (nSPS) is 17.2. The van der Waals surface area contributed by atoms with E-state index in [-0.39, 0.29) is 43.8 Å². The van der Waals surface area contributed by atoms with E-state index in [4.69, 9.17) is 0 Å². The molecule has 0 radical (unpaired) electrons. The SMILES string of the molecule is C[C@H](NC(=O)c1ccccc1[C@@H]1n2c(=O)c3ccccc3c(=O)n2[C@@H](c2ccccc2C(=O)N[C@H](C)c2ccccc2)P1c1ccccc1P1[C@H](c2ccccc2C(=O)N[C@H](C)c2ccccc2)n2c(=O)c3ccccc3c(=O)n2[C@H]1c1ccccc1C(=O)N[C@H](C)c1ccccc1)c1ccccc1. The smallest absolute Gasteiger partial charge is 0.274 e. The number of benzene rings is 11. The zero-order chi connectivity index (χ0) is 71.9. The summed E-state index contributed by atoms with van der Waals surface area (Å²) in [7, 11) is -4.71. The van der Waals surface area contributed by atoms with Crippen LogP contribution in [0, 0.1) is 0 Å². The lowest BCUT2D eigenvalue weighted by Crippen LogP contribution is -2.38. The molecule has 514 valence electrons. The van der Waals surface area contributed by atoms with Gasteiger partial charge in [0.2, 0.25) is 0 Å². The van der Waals surface area contributed by atoms with Gasteiger partial charge in [-0.3, -0.25) is 38.4 Å². The summed E-state index contributed by atoms with van der Waals surface area (Å²) in [6.45, 7) is 7.56. The molecule has 2 aliphatic rings. The van der Waals surface area contributed by atoms with Crippen LogP contribution in [0.1, 0.15) is 161 Å². The summed E-state index contributed by atoms with van der Waals surface area (Å²) in [5.41, 5.74) is 3.59. The Balaban J connectivity index is 1.04. The first-order valence-electron chi connectivity index (χ1n) is 34.6. The van der Waals surface area contributed by atoms with E-state index < -0.39 is 109 Å². The minimum atomic E-state index is -2.35. The maximum atomic E-state index is 16.5. The van der Waals surface area contributed by atoms with Gasteiger partial charge in [0.15, 0.2) is 0 Å². The van der Waals surface area contributed by atoms with Gasteiger partial charge in [-0.1, -0.05) is 243 Å². The summed E-state index contributed by atoms with van der Waals surface area (Å²) in [6, 6.07) is 85.5. The molecule has 2 aromatic heterocycles. The van der Waals surface area contributed by atoms with Crippen LogP contribution in [-0.2, 0) is 0 Å². The molecule has 0 fully saturated rings. The number of hydrogen-bond donors (Lipinski definition) is 4. The van der Waals surface area contributed by atoms with E-state index in [1.54, 1.807) is 121 Å². The highest BCUT2D eigenvalue weighted by molar-refractivity contribution is 7.72. The first-order valence-corrected chi connectivity index (χ1v) is 37.6. The highest BCUT2D eigenvalue weighted by Gasteiger charge is 2.53. The molecule has 0 bridgehead atoms. The van der Waals surface area contributed by atoms with Crippen molar-refractivity contribution in [2.75, 3.05) is 0 Å². The molecule has 15 rings (SSSR count). The number of carbonyl (C=O) groups is 4. The second-order valence-electron chi connectivity index (χ2n) is 26.3. The first kappa shape index (κ1) is 67.8. The molecule has 4 amide bonds. The number of aromatic nitrogens is 4. The number of fused-ring (bicyclic) bond motifs is 4. The Labute approximate surface area is 601 Å². The summed E-state index contributed by atoms with van der Waals surface area (Å²) in [5.74, 6) is -6.70. The number of carbonyl (C=O) groups excluding carboxylic acids is 4. The van der Waals surface area contributed by atoms with Crippen LogP contribution in [0.4, 0.5) is 0 Å². The summed E-state index contributed by atoms with van der Waals surface area (Å²) in [6.07, 6.45) is 0. The van der Waals surface area contributed by atoms with E-state index in [9.17, 15) is 0 Å². The average Bonchev–Trinajstić information content (AvgIpc) is 1.54. The lowest BCUT2D eigenvalue weighted by Gasteiger charge is -2.33. The zero-order valence-electron chi connectivity index (χ0n) is 57.3. The average molecular weight is 1410 g/mol. The highest BCUT2D eigenvalue weighted by Crippen LogP contribution is 2.70. The summed E-state index contributed by atoms with van der Waals surface area (Å²) in [4.78, 5) is 128. The van der Waals surface area contributed by atoms with Crippen molar-refractivity contribution in [3.63, 3.8) is 0 Å². The Morgan fingerprint density at radius 2 is 0.442 bits per heavy atom. The number of amides is 4. The number of rotatable bonds is 18. The molecule has 4 heterocycles. The Morgan fingerprint density at radius 1 is 0.260 bits per heavy atom. The fourth-order valence-corrected chi connectivity index (χ4v) is 22.3. The van der Waals surface area contributed by atoms with Crippen molar-refractivity contribution >= 4 is 71.6 Å². The van der Waals surface area contributed by atoms with Crippen LogP contribution in [-0.4, -0.2) is 42.4 Å². The predicted octanol–water partition coefficient (Wildman–Crippen LogP) is 14.4. The molecule has 13 aromatic rings. The molecule has 9 atom stereocenters. The fraction of sp³-hybridized carbons (Fsp3) is 0.140. The third-order valence-electron chi connectivity index (χ3n) is 20.0. The fourth-order valence-electron chi connectivity index (χ4n) is 14.9. The Hall–Kier alpha value is -12.0. The summed E-state index contributed by atoms with van der Waals surface area (Å²) in [5, 5.41) is 14.6. The maximum Gasteiger partial charge on any atom is 0.274 e. The van der Waals surface area contributed by atoms with Crippen molar-refractivity contribution in [2.24, 2.45) is 0 Å². The van der Waals surface area contributed by atoms with Crippen molar-refractivity contribution in [1.29, 1.82) is 0 Å². The molecule has 11 aromatic carbocycles. The molecular formula is C86H72N8O8P2. The van der Waals surface area contributed by atoms with E-state index in [0.29, 0.717) is 32.9 Å².